The maximum absolute atomic E-state index is 5.78. The number of aromatic amines is 1. The third-order valence-corrected chi connectivity index (χ3v) is 3.10. The van der Waals surface area contributed by atoms with Gasteiger partial charge in [0.15, 0.2) is 5.65 Å². The Kier molecular flexibility index (Phi) is 3.90. The van der Waals surface area contributed by atoms with Gasteiger partial charge < -0.3 is 10.1 Å². The minimum atomic E-state index is 0.510. The van der Waals surface area contributed by atoms with Gasteiger partial charge in [0.25, 0.3) is 0 Å². The van der Waals surface area contributed by atoms with E-state index in [4.69, 9.17) is 4.74 Å². The number of fused-ring (bicyclic) bond motifs is 1. The first kappa shape index (κ1) is 13.3. The molecule has 0 saturated heterocycles. The minimum Gasteiger partial charge on any atom is -0.477 e. The molecule has 0 bridgehead atoms. The van der Waals surface area contributed by atoms with Crippen LogP contribution in [0.15, 0.2) is 30.7 Å². The number of hydrogen-bond donors (Lipinski definition) is 2. The summed E-state index contributed by atoms with van der Waals surface area (Å²) in [5, 5.41) is 10.5. The predicted octanol–water partition coefficient (Wildman–Crippen LogP) is 1.80. The summed E-state index contributed by atoms with van der Waals surface area (Å²) in [7, 11) is 1.77. The summed E-state index contributed by atoms with van der Waals surface area (Å²) >= 11 is 0. The summed E-state index contributed by atoms with van der Waals surface area (Å²) in [6, 6.07) is 4.02. The largest absolute Gasteiger partial charge is 0.477 e. The summed E-state index contributed by atoms with van der Waals surface area (Å²) in [6.07, 6.45) is 7.12. The van der Waals surface area contributed by atoms with Gasteiger partial charge in [-0.05, 0) is 30.5 Å². The number of rotatable bonds is 6. The van der Waals surface area contributed by atoms with E-state index in [0.717, 1.165) is 18.2 Å². The van der Waals surface area contributed by atoms with Gasteiger partial charge in [-0.2, -0.15) is 15.1 Å². The van der Waals surface area contributed by atoms with Gasteiger partial charge in [-0.15, -0.1) is 0 Å². The van der Waals surface area contributed by atoms with Crippen LogP contribution in [0.5, 0.6) is 5.88 Å². The molecule has 0 aliphatic heterocycles. The van der Waals surface area contributed by atoms with Crippen LogP contribution in [-0.2, 0) is 6.42 Å². The van der Waals surface area contributed by atoms with Gasteiger partial charge in [-0.25, -0.2) is 0 Å². The number of nitrogens with one attached hydrogen (secondary N) is 2. The molecule has 0 saturated carbocycles. The van der Waals surface area contributed by atoms with Gasteiger partial charge in [0.2, 0.25) is 11.8 Å². The lowest BCUT2D eigenvalue weighted by Crippen LogP contribution is -2.04. The number of hydrogen-bond acceptors (Lipinski definition) is 6. The first-order valence-corrected chi connectivity index (χ1v) is 6.77. The van der Waals surface area contributed by atoms with E-state index in [9.17, 15) is 0 Å². The van der Waals surface area contributed by atoms with E-state index in [1.807, 2.05) is 12.1 Å². The molecule has 0 aromatic carbocycles. The molecule has 7 nitrogen and oxygen atoms in total. The second kappa shape index (κ2) is 6.17. The van der Waals surface area contributed by atoms with Crippen molar-refractivity contribution in [3.8, 4) is 5.88 Å². The Morgan fingerprint density at radius 1 is 1.24 bits per heavy atom. The maximum Gasteiger partial charge on any atom is 0.229 e. The zero-order valence-corrected chi connectivity index (χ0v) is 11.7. The van der Waals surface area contributed by atoms with Crippen molar-refractivity contribution in [2.75, 3.05) is 19.0 Å². The molecule has 3 heterocycles. The highest BCUT2D eigenvalue weighted by molar-refractivity contribution is 5.80. The number of nitrogens with zero attached hydrogens (tertiary/aromatic N) is 4. The predicted molar refractivity (Wildman–Crippen MR) is 79.3 cm³/mol. The normalized spacial score (nSPS) is 10.7. The molecule has 0 radical (unpaired) electrons. The molecule has 0 fully saturated rings. The molecule has 3 aromatic heterocycles. The number of H-pyrrole nitrogens is 1. The molecule has 0 amide bonds. The second-order valence-electron chi connectivity index (χ2n) is 4.54. The van der Waals surface area contributed by atoms with Crippen molar-refractivity contribution in [2.24, 2.45) is 0 Å². The molecule has 0 aliphatic carbocycles. The average Bonchev–Trinajstić information content (AvgIpc) is 3.00. The Morgan fingerprint density at radius 2 is 2.10 bits per heavy atom. The SMILES string of the molecule is CNc1nc(OCCCc2ccncc2)c2cn[nH]c2n1. The Morgan fingerprint density at radius 3 is 2.90 bits per heavy atom. The molecule has 7 heteroatoms. The van der Waals surface area contributed by atoms with E-state index in [0.29, 0.717) is 24.1 Å². The smallest absolute Gasteiger partial charge is 0.229 e. The van der Waals surface area contributed by atoms with Crippen molar-refractivity contribution in [1.29, 1.82) is 0 Å². The summed E-state index contributed by atoms with van der Waals surface area (Å²) < 4.78 is 5.78. The second-order valence-corrected chi connectivity index (χ2v) is 4.54. The Hall–Kier alpha value is -2.70. The van der Waals surface area contributed by atoms with Crippen LogP contribution < -0.4 is 10.1 Å². The molecule has 3 rings (SSSR count). The maximum atomic E-state index is 5.78. The number of pyridine rings is 1. The molecule has 21 heavy (non-hydrogen) atoms. The van der Waals surface area contributed by atoms with Crippen molar-refractivity contribution in [3.05, 3.63) is 36.3 Å². The van der Waals surface area contributed by atoms with E-state index in [1.165, 1.54) is 5.56 Å². The van der Waals surface area contributed by atoms with E-state index in [2.05, 4.69) is 30.5 Å². The van der Waals surface area contributed by atoms with Crippen LogP contribution in [0.2, 0.25) is 0 Å². The van der Waals surface area contributed by atoms with Crippen LogP contribution in [0.25, 0.3) is 11.0 Å². The van der Waals surface area contributed by atoms with Crippen LogP contribution in [0.1, 0.15) is 12.0 Å². The number of ether oxygens (including phenoxy) is 1. The molecule has 0 spiro atoms. The number of aryl methyl sites for hydroxylation is 1. The zero-order chi connectivity index (χ0) is 14.5. The van der Waals surface area contributed by atoms with Gasteiger partial charge in [0, 0.05) is 19.4 Å². The third kappa shape index (κ3) is 3.07. The number of aromatic nitrogens is 5. The van der Waals surface area contributed by atoms with Crippen LogP contribution in [0, 0.1) is 0 Å². The van der Waals surface area contributed by atoms with Gasteiger partial charge in [0.1, 0.15) is 5.39 Å². The summed E-state index contributed by atoms with van der Waals surface area (Å²) in [4.78, 5) is 12.6. The van der Waals surface area contributed by atoms with Crippen LogP contribution in [0.3, 0.4) is 0 Å². The molecular weight excluding hydrogens is 268 g/mol. The molecule has 108 valence electrons. The summed E-state index contributed by atoms with van der Waals surface area (Å²) in [5.41, 5.74) is 1.92. The van der Waals surface area contributed by atoms with Crippen LogP contribution in [-0.4, -0.2) is 38.8 Å². The van der Waals surface area contributed by atoms with Crippen LogP contribution >= 0.6 is 0 Å². The van der Waals surface area contributed by atoms with Crippen LogP contribution in [0.4, 0.5) is 5.95 Å². The number of anilines is 1. The van der Waals surface area contributed by atoms with Crippen molar-refractivity contribution >= 4 is 17.0 Å². The molecule has 0 atom stereocenters. The average molecular weight is 284 g/mol. The van der Waals surface area contributed by atoms with Crippen molar-refractivity contribution < 1.29 is 4.74 Å². The van der Waals surface area contributed by atoms with Crippen molar-refractivity contribution in [2.45, 2.75) is 12.8 Å². The Labute approximate surface area is 121 Å². The highest BCUT2D eigenvalue weighted by Gasteiger charge is 2.09. The van der Waals surface area contributed by atoms with Crippen molar-refractivity contribution in [3.63, 3.8) is 0 Å². The standard InChI is InChI=1S/C14H16N6O/c1-15-14-18-12-11(9-17-20-12)13(19-14)21-8-2-3-10-4-6-16-7-5-10/h4-7,9H,2-3,8H2,1H3,(H2,15,17,18,19,20). The molecule has 0 aliphatic rings. The molecule has 3 aromatic rings. The van der Waals surface area contributed by atoms with E-state index in [1.54, 1.807) is 25.6 Å². The zero-order valence-electron chi connectivity index (χ0n) is 11.7. The lowest BCUT2D eigenvalue weighted by molar-refractivity contribution is 0.303. The van der Waals surface area contributed by atoms with E-state index < -0.39 is 0 Å². The highest BCUT2D eigenvalue weighted by atomic mass is 16.5. The Balaban J connectivity index is 1.63. The third-order valence-electron chi connectivity index (χ3n) is 3.10. The minimum absolute atomic E-state index is 0.510. The van der Waals surface area contributed by atoms with Gasteiger partial charge in [0.05, 0.1) is 12.8 Å². The first-order chi connectivity index (χ1) is 10.4. The molecule has 2 N–H and O–H groups in total. The fraction of sp³-hybridized carbons (Fsp3) is 0.286. The summed E-state index contributed by atoms with van der Waals surface area (Å²) in [5.74, 6) is 1.06. The van der Waals surface area contributed by atoms with Gasteiger partial charge in [-0.3, -0.25) is 10.1 Å². The fourth-order valence-corrected chi connectivity index (χ4v) is 2.02. The van der Waals surface area contributed by atoms with E-state index >= 15 is 0 Å². The Bertz CT molecular complexity index is 712. The van der Waals surface area contributed by atoms with Gasteiger partial charge >= 0.3 is 0 Å². The van der Waals surface area contributed by atoms with E-state index in [-0.39, 0.29) is 0 Å². The lowest BCUT2D eigenvalue weighted by atomic mass is 10.1. The fourth-order valence-electron chi connectivity index (χ4n) is 2.02. The van der Waals surface area contributed by atoms with Crippen molar-refractivity contribution in [1.82, 2.24) is 25.1 Å². The summed E-state index contributed by atoms with van der Waals surface area (Å²) in [6.45, 7) is 0.586. The monoisotopic (exact) mass is 284 g/mol. The molecule has 0 unspecified atom stereocenters. The first-order valence-electron chi connectivity index (χ1n) is 6.77. The molecular formula is C14H16N6O. The topological polar surface area (TPSA) is 88.6 Å². The van der Waals surface area contributed by atoms with Gasteiger partial charge in [-0.1, -0.05) is 0 Å². The lowest BCUT2D eigenvalue weighted by Gasteiger charge is -2.07. The highest BCUT2D eigenvalue weighted by Crippen LogP contribution is 2.22. The quantitative estimate of drug-likeness (QED) is 0.671.